The quantitative estimate of drug-likeness (QED) is 0.577. The standard InChI is InChI=1S/C18H18BrN3O2/c1-3-5-11-22(16(23)4-2)18-17(13-9-10-14(19)24-13)20-15-8-6-7-12-21(15)18/h4,6-10,12H,2-3,5,11H2,1H3. The zero-order valence-electron chi connectivity index (χ0n) is 13.4. The van der Waals surface area contributed by atoms with Crippen LogP contribution < -0.4 is 4.90 Å². The lowest BCUT2D eigenvalue weighted by atomic mass is 10.2. The van der Waals surface area contributed by atoms with Crippen molar-refractivity contribution in [3.63, 3.8) is 0 Å². The summed E-state index contributed by atoms with van der Waals surface area (Å²) < 4.78 is 8.21. The van der Waals surface area contributed by atoms with Gasteiger partial charge in [-0.15, -0.1) is 0 Å². The number of rotatable bonds is 6. The first-order chi connectivity index (χ1) is 11.7. The Kier molecular flexibility index (Phi) is 4.85. The number of aromatic nitrogens is 2. The van der Waals surface area contributed by atoms with Gasteiger partial charge in [-0.05, 0) is 52.7 Å². The molecule has 3 heterocycles. The van der Waals surface area contributed by atoms with E-state index >= 15 is 0 Å². The summed E-state index contributed by atoms with van der Waals surface area (Å²) in [7, 11) is 0. The van der Waals surface area contributed by atoms with Gasteiger partial charge in [0.05, 0.1) is 0 Å². The van der Waals surface area contributed by atoms with Gasteiger partial charge in [-0.25, -0.2) is 4.98 Å². The van der Waals surface area contributed by atoms with E-state index in [0.29, 0.717) is 28.5 Å². The van der Waals surface area contributed by atoms with Crippen LogP contribution in [0.5, 0.6) is 0 Å². The van der Waals surface area contributed by atoms with Crippen LogP contribution in [0.15, 0.2) is 58.3 Å². The van der Waals surface area contributed by atoms with E-state index in [9.17, 15) is 4.79 Å². The maximum atomic E-state index is 12.5. The molecule has 0 saturated heterocycles. The summed E-state index contributed by atoms with van der Waals surface area (Å²) in [5, 5.41) is 0. The van der Waals surface area contributed by atoms with E-state index in [1.165, 1.54) is 6.08 Å². The normalized spacial score (nSPS) is 10.9. The van der Waals surface area contributed by atoms with E-state index in [1.807, 2.05) is 40.9 Å². The van der Waals surface area contributed by atoms with Crippen LogP contribution in [0, 0.1) is 0 Å². The molecule has 0 unspecified atom stereocenters. The summed E-state index contributed by atoms with van der Waals surface area (Å²) in [4.78, 5) is 18.8. The zero-order valence-corrected chi connectivity index (χ0v) is 15.0. The Hall–Kier alpha value is -2.34. The van der Waals surface area contributed by atoms with Crippen molar-refractivity contribution < 1.29 is 9.21 Å². The molecule has 3 aromatic heterocycles. The fourth-order valence-corrected chi connectivity index (χ4v) is 2.90. The van der Waals surface area contributed by atoms with Gasteiger partial charge >= 0.3 is 0 Å². The van der Waals surface area contributed by atoms with Crippen molar-refractivity contribution >= 4 is 33.3 Å². The number of fused-ring (bicyclic) bond motifs is 1. The summed E-state index contributed by atoms with van der Waals surface area (Å²) in [5.74, 6) is 1.16. The number of furan rings is 1. The smallest absolute Gasteiger partial charge is 0.251 e. The summed E-state index contributed by atoms with van der Waals surface area (Å²) in [6.45, 7) is 6.32. The van der Waals surface area contributed by atoms with Crippen LogP contribution in [0.4, 0.5) is 5.82 Å². The van der Waals surface area contributed by atoms with E-state index in [4.69, 9.17) is 4.42 Å². The highest BCUT2D eigenvalue weighted by molar-refractivity contribution is 9.10. The van der Waals surface area contributed by atoms with Crippen molar-refractivity contribution in [2.24, 2.45) is 0 Å². The largest absolute Gasteiger partial charge is 0.448 e. The maximum absolute atomic E-state index is 12.5. The molecule has 3 rings (SSSR count). The molecule has 0 aliphatic carbocycles. The van der Waals surface area contributed by atoms with E-state index in [2.05, 4.69) is 34.4 Å². The third-order valence-electron chi connectivity index (χ3n) is 3.74. The highest BCUT2D eigenvalue weighted by atomic mass is 79.9. The first-order valence-electron chi connectivity index (χ1n) is 7.82. The molecule has 0 aliphatic rings. The number of carbonyl (C=O) groups excluding carboxylic acids is 1. The third-order valence-corrected chi connectivity index (χ3v) is 4.17. The molecule has 124 valence electrons. The number of anilines is 1. The molecule has 0 fully saturated rings. The molecule has 24 heavy (non-hydrogen) atoms. The van der Waals surface area contributed by atoms with Crippen molar-refractivity contribution in [3.05, 3.63) is 53.9 Å². The minimum Gasteiger partial charge on any atom is -0.448 e. The lowest BCUT2D eigenvalue weighted by Crippen LogP contribution is -2.31. The number of hydrogen-bond donors (Lipinski definition) is 0. The van der Waals surface area contributed by atoms with Crippen LogP contribution >= 0.6 is 15.9 Å². The van der Waals surface area contributed by atoms with Gasteiger partial charge in [-0.3, -0.25) is 14.1 Å². The molecule has 0 spiro atoms. The Morgan fingerprint density at radius 2 is 2.25 bits per heavy atom. The molecule has 0 N–H and O–H groups in total. The van der Waals surface area contributed by atoms with Gasteiger partial charge in [0, 0.05) is 12.7 Å². The Balaban J connectivity index is 2.22. The number of hydrogen-bond acceptors (Lipinski definition) is 3. The second kappa shape index (κ2) is 7.05. The number of imidazole rings is 1. The van der Waals surface area contributed by atoms with Gasteiger partial charge in [-0.1, -0.05) is 26.0 Å². The van der Waals surface area contributed by atoms with Crippen molar-refractivity contribution in [1.29, 1.82) is 0 Å². The van der Waals surface area contributed by atoms with E-state index < -0.39 is 0 Å². The minimum absolute atomic E-state index is 0.152. The van der Waals surface area contributed by atoms with Crippen LogP contribution in [0.25, 0.3) is 17.1 Å². The number of halogens is 1. The van der Waals surface area contributed by atoms with Crippen LogP contribution in [0.3, 0.4) is 0 Å². The average Bonchev–Trinajstić information content (AvgIpc) is 3.19. The molecule has 0 bridgehead atoms. The predicted octanol–water partition coefficient (Wildman–Crippen LogP) is 4.68. The molecule has 6 heteroatoms. The molecule has 0 radical (unpaired) electrons. The first-order valence-corrected chi connectivity index (χ1v) is 8.61. The lowest BCUT2D eigenvalue weighted by molar-refractivity contribution is -0.114. The molecule has 0 aromatic carbocycles. The van der Waals surface area contributed by atoms with Crippen molar-refractivity contribution in [1.82, 2.24) is 9.38 Å². The van der Waals surface area contributed by atoms with Crippen molar-refractivity contribution in [2.45, 2.75) is 19.8 Å². The van der Waals surface area contributed by atoms with Crippen molar-refractivity contribution in [3.8, 4) is 11.5 Å². The van der Waals surface area contributed by atoms with E-state index in [1.54, 1.807) is 4.90 Å². The van der Waals surface area contributed by atoms with Gasteiger partial charge in [0.25, 0.3) is 5.91 Å². The highest BCUT2D eigenvalue weighted by Crippen LogP contribution is 2.34. The van der Waals surface area contributed by atoms with Crippen LogP contribution in [-0.4, -0.2) is 21.8 Å². The van der Waals surface area contributed by atoms with E-state index in [-0.39, 0.29) is 5.91 Å². The van der Waals surface area contributed by atoms with Gasteiger partial charge in [0.1, 0.15) is 11.3 Å². The Morgan fingerprint density at radius 1 is 1.42 bits per heavy atom. The van der Waals surface area contributed by atoms with Gasteiger partial charge in [-0.2, -0.15) is 0 Å². The second-order valence-corrected chi connectivity index (χ2v) is 6.15. The Morgan fingerprint density at radius 3 is 2.92 bits per heavy atom. The highest BCUT2D eigenvalue weighted by Gasteiger charge is 2.24. The lowest BCUT2D eigenvalue weighted by Gasteiger charge is -2.21. The monoisotopic (exact) mass is 387 g/mol. The number of amides is 1. The van der Waals surface area contributed by atoms with Crippen LogP contribution in [-0.2, 0) is 4.79 Å². The summed E-state index contributed by atoms with van der Waals surface area (Å²) in [5.41, 5.74) is 1.39. The molecular weight excluding hydrogens is 370 g/mol. The van der Waals surface area contributed by atoms with Crippen LogP contribution in [0.1, 0.15) is 19.8 Å². The van der Waals surface area contributed by atoms with Crippen LogP contribution in [0.2, 0.25) is 0 Å². The Bertz CT molecular complexity index is 881. The predicted molar refractivity (Wildman–Crippen MR) is 98.1 cm³/mol. The second-order valence-electron chi connectivity index (χ2n) is 5.36. The maximum Gasteiger partial charge on any atom is 0.251 e. The number of pyridine rings is 1. The van der Waals surface area contributed by atoms with E-state index in [0.717, 1.165) is 18.5 Å². The SMILES string of the molecule is C=CC(=O)N(CCCC)c1c(-c2ccc(Br)o2)nc2ccccn12. The molecule has 0 saturated carbocycles. The molecule has 0 atom stereocenters. The third kappa shape index (κ3) is 3.01. The topological polar surface area (TPSA) is 50.8 Å². The average molecular weight is 388 g/mol. The summed E-state index contributed by atoms with van der Waals surface area (Å²) in [6.07, 6.45) is 5.11. The fraction of sp³-hybridized carbons (Fsp3) is 0.222. The number of carbonyl (C=O) groups is 1. The van der Waals surface area contributed by atoms with Gasteiger partial charge in [0.2, 0.25) is 0 Å². The minimum atomic E-state index is -0.152. The first kappa shape index (κ1) is 16.5. The molecule has 5 nitrogen and oxygen atoms in total. The van der Waals surface area contributed by atoms with Gasteiger partial charge < -0.3 is 4.42 Å². The Labute approximate surface area is 148 Å². The summed E-state index contributed by atoms with van der Waals surface area (Å²) >= 11 is 3.32. The molecule has 3 aromatic rings. The van der Waals surface area contributed by atoms with Gasteiger partial charge in [0.15, 0.2) is 16.2 Å². The number of unbranched alkanes of at least 4 members (excludes halogenated alkanes) is 1. The molecular formula is C18H18BrN3O2. The summed E-state index contributed by atoms with van der Waals surface area (Å²) in [6, 6.07) is 9.39. The van der Waals surface area contributed by atoms with Crippen molar-refractivity contribution in [2.75, 3.05) is 11.4 Å². The zero-order chi connectivity index (χ0) is 17.1. The number of nitrogens with zero attached hydrogens (tertiary/aromatic N) is 3. The molecule has 0 aliphatic heterocycles. The fourth-order valence-electron chi connectivity index (χ4n) is 2.59. The molecule has 1 amide bonds.